The third-order valence-electron chi connectivity index (χ3n) is 3.63. The fourth-order valence-electron chi connectivity index (χ4n) is 2.53. The molecule has 0 unspecified atom stereocenters. The van der Waals surface area contributed by atoms with Gasteiger partial charge in [-0.2, -0.15) is 0 Å². The van der Waals surface area contributed by atoms with Gasteiger partial charge in [-0.05, 0) is 43.3 Å². The number of hydrogen-bond acceptors (Lipinski definition) is 4. The van der Waals surface area contributed by atoms with Crippen LogP contribution in [0.1, 0.15) is 17.3 Å². The highest BCUT2D eigenvalue weighted by Crippen LogP contribution is 2.31. The number of carboxylic acid groups (broad SMARTS) is 1. The zero-order valence-corrected chi connectivity index (χ0v) is 13.4. The molecule has 0 aliphatic heterocycles. The quantitative estimate of drug-likeness (QED) is 0.780. The third kappa shape index (κ3) is 2.99. The Balaban J connectivity index is 2.06. The number of pyridine rings is 1. The Morgan fingerprint density at radius 1 is 1.21 bits per heavy atom. The van der Waals surface area contributed by atoms with Gasteiger partial charge in [0.2, 0.25) is 0 Å². The Morgan fingerprint density at radius 2 is 1.96 bits per heavy atom. The number of ether oxygens (including phenoxy) is 1. The van der Waals surface area contributed by atoms with Crippen molar-refractivity contribution in [3.63, 3.8) is 0 Å². The fraction of sp³-hybridized carbons (Fsp3) is 0.167. The van der Waals surface area contributed by atoms with Gasteiger partial charge in [-0.15, -0.1) is 0 Å². The van der Waals surface area contributed by atoms with Gasteiger partial charge in [-0.25, -0.2) is 9.78 Å². The van der Waals surface area contributed by atoms with Gasteiger partial charge >= 0.3 is 5.97 Å². The summed E-state index contributed by atoms with van der Waals surface area (Å²) in [7, 11) is 1.89. The molecule has 24 heavy (non-hydrogen) atoms. The molecular formula is C18H17N3O3. The van der Waals surface area contributed by atoms with E-state index in [1.54, 1.807) is 6.33 Å². The highest BCUT2D eigenvalue weighted by atomic mass is 16.5. The minimum Gasteiger partial charge on any atom is -0.494 e. The van der Waals surface area contributed by atoms with Crippen molar-refractivity contribution in [1.82, 2.24) is 14.5 Å². The van der Waals surface area contributed by atoms with Crippen LogP contribution in [0, 0.1) is 0 Å². The molecule has 2 heterocycles. The molecule has 0 aliphatic carbocycles. The molecule has 0 fully saturated rings. The second-order valence-electron chi connectivity index (χ2n) is 5.24. The highest BCUT2D eigenvalue weighted by molar-refractivity contribution is 5.89. The second kappa shape index (κ2) is 6.54. The molecular weight excluding hydrogens is 306 g/mol. The van der Waals surface area contributed by atoms with E-state index in [1.165, 1.54) is 18.3 Å². The van der Waals surface area contributed by atoms with Crippen LogP contribution in [0.25, 0.3) is 22.6 Å². The average molecular weight is 323 g/mol. The van der Waals surface area contributed by atoms with Crippen LogP contribution >= 0.6 is 0 Å². The molecule has 3 rings (SSSR count). The molecule has 0 amide bonds. The molecule has 0 spiro atoms. The summed E-state index contributed by atoms with van der Waals surface area (Å²) in [5, 5.41) is 9.16. The smallest absolute Gasteiger partial charge is 0.335 e. The first-order valence-corrected chi connectivity index (χ1v) is 7.54. The molecule has 2 aromatic heterocycles. The van der Waals surface area contributed by atoms with Crippen molar-refractivity contribution >= 4 is 5.97 Å². The maximum atomic E-state index is 11.2. The number of benzene rings is 1. The van der Waals surface area contributed by atoms with Crippen LogP contribution in [0.5, 0.6) is 5.75 Å². The minimum atomic E-state index is -0.989. The van der Waals surface area contributed by atoms with Crippen LogP contribution in [0.15, 0.2) is 48.9 Å². The maximum absolute atomic E-state index is 11.2. The van der Waals surface area contributed by atoms with E-state index in [2.05, 4.69) is 9.97 Å². The van der Waals surface area contributed by atoms with Crippen molar-refractivity contribution in [1.29, 1.82) is 0 Å². The largest absolute Gasteiger partial charge is 0.494 e. The zero-order valence-electron chi connectivity index (χ0n) is 13.4. The highest BCUT2D eigenvalue weighted by Gasteiger charge is 2.16. The Kier molecular flexibility index (Phi) is 4.29. The second-order valence-corrected chi connectivity index (χ2v) is 5.24. The van der Waals surface area contributed by atoms with Gasteiger partial charge in [0.15, 0.2) is 0 Å². The molecule has 0 saturated carbocycles. The van der Waals surface area contributed by atoms with E-state index in [4.69, 9.17) is 9.84 Å². The summed E-state index contributed by atoms with van der Waals surface area (Å²) >= 11 is 0. The van der Waals surface area contributed by atoms with Crippen LogP contribution < -0.4 is 4.74 Å². The standard InChI is InChI=1S/C18H17N3O3/c1-3-24-14-6-4-12(5-7-14)17-16(20-11-21(17)2)15-10-13(18(22)23)8-9-19-15/h4-11H,3H2,1-2H3,(H,22,23). The van der Waals surface area contributed by atoms with E-state index in [9.17, 15) is 4.79 Å². The number of carbonyl (C=O) groups is 1. The summed E-state index contributed by atoms with van der Waals surface area (Å²) in [6.45, 7) is 2.55. The number of imidazole rings is 1. The molecule has 3 aromatic rings. The first-order chi connectivity index (χ1) is 11.6. The summed E-state index contributed by atoms with van der Waals surface area (Å²) in [6, 6.07) is 10.7. The number of hydrogen-bond donors (Lipinski definition) is 1. The van der Waals surface area contributed by atoms with E-state index in [-0.39, 0.29) is 5.56 Å². The lowest BCUT2D eigenvalue weighted by molar-refractivity contribution is 0.0697. The van der Waals surface area contributed by atoms with Crippen molar-refractivity contribution in [2.75, 3.05) is 6.61 Å². The molecule has 0 bridgehead atoms. The van der Waals surface area contributed by atoms with E-state index >= 15 is 0 Å². The lowest BCUT2D eigenvalue weighted by Crippen LogP contribution is -1.98. The van der Waals surface area contributed by atoms with E-state index in [1.807, 2.05) is 42.8 Å². The van der Waals surface area contributed by atoms with Crippen molar-refractivity contribution in [3.05, 3.63) is 54.5 Å². The van der Waals surface area contributed by atoms with Crippen molar-refractivity contribution in [2.24, 2.45) is 7.05 Å². The van der Waals surface area contributed by atoms with Crippen LogP contribution in [0.4, 0.5) is 0 Å². The Morgan fingerprint density at radius 3 is 2.62 bits per heavy atom. The van der Waals surface area contributed by atoms with Crippen LogP contribution in [-0.4, -0.2) is 32.2 Å². The third-order valence-corrected chi connectivity index (χ3v) is 3.63. The summed E-state index contributed by atoms with van der Waals surface area (Å²) < 4.78 is 7.35. The summed E-state index contributed by atoms with van der Waals surface area (Å²) in [4.78, 5) is 19.8. The van der Waals surface area contributed by atoms with E-state index in [0.29, 0.717) is 18.0 Å². The molecule has 0 aliphatic rings. The molecule has 122 valence electrons. The number of nitrogens with zero attached hydrogens (tertiary/aromatic N) is 3. The van der Waals surface area contributed by atoms with Gasteiger partial charge in [0.1, 0.15) is 11.4 Å². The SMILES string of the molecule is CCOc1ccc(-c2c(-c3cc(C(=O)O)ccn3)ncn2C)cc1. The van der Waals surface area contributed by atoms with Gasteiger partial charge in [-0.3, -0.25) is 4.98 Å². The first-order valence-electron chi connectivity index (χ1n) is 7.54. The number of carboxylic acids is 1. The van der Waals surface area contributed by atoms with Gasteiger partial charge in [0, 0.05) is 18.8 Å². The predicted octanol–water partition coefficient (Wildman–Crippen LogP) is 3.25. The molecule has 0 saturated heterocycles. The number of rotatable bonds is 5. The van der Waals surface area contributed by atoms with Crippen molar-refractivity contribution in [3.8, 4) is 28.4 Å². The van der Waals surface area contributed by atoms with Crippen LogP contribution in [0.2, 0.25) is 0 Å². The number of aryl methyl sites for hydroxylation is 1. The number of aromatic nitrogens is 3. The van der Waals surface area contributed by atoms with Crippen molar-refractivity contribution in [2.45, 2.75) is 6.92 Å². The molecule has 0 atom stereocenters. The van der Waals surface area contributed by atoms with Gasteiger partial charge in [0.25, 0.3) is 0 Å². The monoisotopic (exact) mass is 323 g/mol. The van der Waals surface area contributed by atoms with Gasteiger partial charge < -0.3 is 14.4 Å². The lowest BCUT2D eigenvalue weighted by Gasteiger charge is -2.08. The van der Waals surface area contributed by atoms with Crippen molar-refractivity contribution < 1.29 is 14.6 Å². The molecule has 0 radical (unpaired) electrons. The van der Waals surface area contributed by atoms with Gasteiger partial charge in [0.05, 0.1) is 29.9 Å². The van der Waals surface area contributed by atoms with Crippen LogP contribution in [-0.2, 0) is 7.05 Å². The summed E-state index contributed by atoms with van der Waals surface area (Å²) in [5.41, 5.74) is 3.18. The Hall–Kier alpha value is -3.15. The average Bonchev–Trinajstić information content (AvgIpc) is 2.98. The summed E-state index contributed by atoms with van der Waals surface area (Å²) in [6.07, 6.45) is 3.17. The lowest BCUT2D eigenvalue weighted by atomic mass is 10.1. The normalized spacial score (nSPS) is 10.6. The van der Waals surface area contributed by atoms with Gasteiger partial charge in [-0.1, -0.05) is 0 Å². The summed E-state index contributed by atoms with van der Waals surface area (Å²) in [5.74, 6) is -0.187. The van der Waals surface area contributed by atoms with E-state index in [0.717, 1.165) is 17.0 Å². The number of aromatic carboxylic acids is 1. The first kappa shape index (κ1) is 15.7. The van der Waals surface area contributed by atoms with E-state index < -0.39 is 5.97 Å². The zero-order chi connectivity index (χ0) is 17.1. The molecule has 6 nitrogen and oxygen atoms in total. The fourth-order valence-corrected chi connectivity index (χ4v) is 2.53. The Bertz CT molecular complexity index is 869. The maximum Gasteiger partial charge on any atom is 0.335 e. The molecule has 1 aromatic carbocycles. The predicted molar refractivity (Wildman–Crippen MR) is 90.0 cm³/mol. The molecule has 6 heteroatoms. The van der Waals surface area contributed by atoms with Crippen LogP contribution in [0.3, 0.4) is 0 Å². The molecule has 1 N–H and O–H groups in total. The minimum absolute atomic E-state index is 0.184. The topological polar surface area (TPSA) is 77.2 Å². The Labute approximate surface area is 139 Å².